The van der Waals surface area contributed by atoms with Gasteiger partial charge in [0.05, 0.1) is 0 Å². The molecule has 4 aromatic carbocycles. The van der Waals surface area contributed by atoms with E-state index in [0.717, 1.165) is 38.9 Å². The van der Waals surface area contributed by atoms with Gasteiger partial charge in [0.15, 0.2) is 0 Å². The van der Waals surface area contributed by atoms with E-state index >= 15 is 0 Å². The first-order valence-electron chi connectivity index (χ1n) is 18.5. The Morgan fingerprint density at radius 2 is 0.712 bits per heavy atom. The van der Waals surface area contributed by atoms with Crippen LogP contribution in [0.15, 0.2) is 84.9 Å². The summed E-state index contributed by atoms with van der Waals surface area (Å²) in [4.78, 5) is 0. The normalized spacial score (nSPS) is 14.0. The maximum atomic E-state index is 10.9. The van der Waals surface area contributed by atoms with Gasteiger partial charge in [-0.05, 0) is 103 Å². The van der Waals surface area contributed by atoms with E-state index in [0.29, 0.717) is 11.5 Å². The molecule has 4 rings (SSSR count). The van der Waals surface area contributed by atoms with Crippen molar-refractivity contribution in [2.75, 3.05) is 0 Å². The molecule has 0 bridgehead atoms. The van der Waals surface area contributed by atoms with Gasteiger partial charge in [0.2, 0.25) is 0 Å². The van der Waals surface area contributed by atoms with Gasteiger partial charge in [-0.15, -0.1) is 0 Å². The molecule has 2 atom stereocenters. The Hall–Kier alpha value is -4.44. The molecule has 0 amide bonds. The van der Waals surface area contributed by atoms with Gasteiger partial charge in [0, 0.05) is 11.1 Å². The lowest BCUT2D eigenvalue weighted by Crippen LogP contribution is -2.18. The highest BCUT2D eigenvalue weighted by Crippen LogP contribution is 2.42. The second-order valence-corrected chi connectivity index (χ2v) is 18.4. The Kier molecular flexibility index (Phi) is 13.0. The number of allylic oxidation sites excluding steroid dienone is 2. The third-order valence-electron chi connectivity index (χ3n) is 9.49. The molecule has 0 heterocycles. The Labute approximate surface area is 314 Å². The largest absolute Gasteiger partial charge is 0.508 e. The number of hydrogen-bond acceptors (Lipinski definition) is 4. The standard InChI is InChI=1S/2C24H32O2/c1-16(18-10-12-19(25)13-11-18)8-9-17-14-20(23(2,3)4)22(26)21(15-17)24(5,6)7;1-16(8-9-17-10-12-19(25)13-11-17)18-14-20(23(2,3)4)22(26)21(15-18)24(5,6)7/h2*8-16,25-26H,1-7H3/b2*9-8+. The number of benzene rings is 4. The van der Waals surface area contributed by atoms with Crippen molar-refractivity contribution in [3.8, 4) is 23.0 Å². The van der Waals surface area contributed by atoms with Crippen molar-refractivity contribution < 1.29 is 20.4 Å². The van der Waals surface area contributed by atoms with E-state index in [1.807, 2.05) is 24.3 Å². The quantitative estimate of drug-likeness (QED) is 0.161. The summed E-state index contributed by atoms with van der Waals surface area (Å²) in [7, 11) is 0. The van der Waals surface area contributed by atoms with Gasteiger partial charge in [-0.1, -0.05) is 158 Å². The third kappa shape index (κ3) is 11.3. The van der Waals surface area contributed by atoms with Gasteiger partial charge in [-0.3, -0.25) is 0 Å². The minimum absolute atomic E-state index is 0.125. The second-order valence-electron chi connectivity index (χ2n) is 18.4. The summed E-state index contributed by atoms with van der Waals surface area (Å²) in [5, 5.41) is 40.5. The molecule has 0 aliphatic heterocycles. The van der Waals surface area contributed by atoms with Crippen molar-refractivity contribution in [3.05, 3.63) is 129 Å². The van der Waals surface area contributed by atoms with Gasteiger partial charge in [0.1, 0.15) is 23.0 Å². The number of phenols is 4. The molecule has 0 aliphatic carbocycles. The Balaban J connectivity index is 0.000000280. The monoisotopic (exact) mass is 704 g/mol. The van der Waals surface area contributed by atoms with Crippen LogP contribution in [0.2, 0.25) is 0 Å². The van der Waals surface area contributed by atoms with Crippen LogP contribution < -0.4 is 0 Å². The highest BCUT2D eigenvalue weighted by molar-refractivity contribution is 5.60. The lowest BCUT2D eigenvalue weighted by molar-refractivity contribution is 0.422. The average Bonchev–Trinajstić information content (AvgIpc) is 3.02. The molecule has 4 heteroatoms. The minimum atomic E-state index is -0.128. The fourth-order valence-electron chi connectivity index (χ4n) is 6.06. The molecule has 0 radical (unpaired) electrons. The molecule has 4 N–H and O–H groups in total. The number of phenolic OH excluding ortho intramolecular Hbond substituents is 4. The zero-order valence-corrected chi connectivity index (χ0v) is 34.2. The van der Waals surface area contributed by atoms with Gasteiger partial charge < -0.3 is 20.4 Å². The predicted octanol–water partition coefficient (Wildman–Crippen LogP) is 13.0. The molecule has 280 valence electrons. The van der Waals surface area contributed by atoms with Crippen LogP contribution in [0.5, 0.6) is 23.0 Å². The predicted molar refractivity (Wildman–Crippen MR) is 222 cm³/mol. The number of aromatic hydroxyl groups is 4. The Bertz CT molecular complexity index is 1780. The molecule has 0 fully saturated rings. The zero-order valence-electron chi connectivity index (χ0n) is 34.2. The van der Waals surface area contributed by atoms with Gasteiger partial charge in [-0.2, -0.15) is 0 Å². The van der Waals surface area contributed by atoms with Gasteiger partial charge >= 0.3 is 0 Å². The van der Waals surface area contributed by atoms with Crippen LogP contribution in [-0.2, 0) is 21.7 Å². The summed E-state index contributed by atoms with van der Waals surface area (Å²) in [5.74, 6) is 1.84. The van der Waals surface area contributed by atoms with Crippen LogP contribution in [0.3, 0.4) is 0 Å². The molecular weight excluding hydrogens is 641 g/mol. The molecule has 0 aromatic heterocycles. The van der Waals surface area contributed by atoms with Crippen molar-refractivity contribution in [2.45, 2.75) is 130 Å². The van der Waals surface area contributed by atoms with Crippen LogP contribution >= 0.6 is 0 Å². The first kappa shape index (κ1) is 42.0. The van der Waals surface area contributed by atoms with Gasteiger partial charge in [-0.25, -0.2) is 0 Å². The molecule has 4 nitrogen and oxygen atoms in total. The van der Waals surface area contributed by atoms with Crippen molar-refractivity contribution in [3.63, 3.8) is 0 Å². The zero-order chi connectivity index (χ0) is 39.4. The molecular formula is C48H64O4. The van der Waals surface area contributed by atoms with Crippen LogP contribution in [0.1, 0.15) is 153 Å². The van der Waals surface area contributed by atoms with Crippen LogP contribution in [0, 0.1) is 0 Å². The fourth-order valence-corrected chi connectivity index (χ4v) is 6.06. The summed E-state index contributed by atoms with van der Waals surface area (Å²) in [5.41, 5.74) is 7.94. The molecule has 0 saturated carbocycles. The highest BCUT2D eigenvalue weighted by atomic mass is 16.3. The molecule has 0 aliphatic rings. The lowest BCUT2D eigenvalue weighted by Gasteiger charge is -2.29. The lowest BCUT2D eigenvalue weighted by atomic mass is 9.77. The maximum Gasteiger partial charge on any atom is 0.123 e. The average molecular weight is 705 g/mol. The van der Waals surface area contributed by atoms with E-state index in [9.17, 15) is 20.4 Å². The van der Waals surface area contributed by atoms with Crippen LogP contribution in [0.25, 0.3) is 12.2 Å². The van der Waals surface area contributed by atoms with Crippen LogP contribution in [0.4, 0.5) is 0 Å². The van der Waals surface area contributed by atoms with E-state index in [-0.39, 0.29) is 45.0 Å². The molecule has 52 heavy (non-hydrogen) atoms. The molecule has 0 saturated heterocycles. The third-order valence-corrected chi connectivity index (χ3v) is 9.49. The Morgan fingerprint density at radius 1 is 0.404 bits per heavy atom. The first-order chi connectivity index (χ1) is 23.8. The topological polar surface area (TPSA) is 80.9 Å². The van der Waals surface area contributed by atoms with Gasteiger partial charge in [0.25, 0.3) is 0 Å². The summed E-state index contributed by atoms with van der Waals surface area (Å²) < 4.78 is 0. The minimum Gasteiger partial charge on any atom is -0.508 e. The maximum absolute atomic E-state index is 10.9. The number of rotatable bonds is 6. The molecule has 4 aromatic rings. The summed E-state index contributed by atoms with van der Waals surface area (Å²) >= 11 is 0. The van der Waals surface area contributed by atoms with E-state index < -0.39 is 0 Å². The van der Waals surface area contributed by atoms with E-state index in [2.05, 4.69) is 146 Å². The molecule has 0 spiro atoms. The van der Waals surface area contributed by atoms with Crippen LogP contribution in [-0.4, -0.2) is 20.4 Å². The van der Waals surface area contributed by atoms with E-state index in [4.69, 9.17) is 0 Å². The van der Waals surface area contributed by atoms with Crippen molar-refractivity contribution in [2.24, 2.45) is 0 Å². The SMILES string of the molecule is CC(/C=C/c1cc(C(C)(C)C)c(O)c(C(C)(C)C)c1)c1ccc(O)cc1.CC(/C=C/c1ccc(O)cc1)c1cc(C(C)(C)C)c(O)c(C(C)(C)C)c1. The number of hydrogen-bond donors (Lipinski definition) is 4. The highest BCUT2D eigenvalue weighted by Gasteiger charge is 2.28. The Morgan fingerprint density at radius 3 is 1.08 bits per heavy atom. The van der Waals surface area contributed by atoms with E-state index in [1.165, 1.54) is 5.56 Å². The summed E-state index contributed by atoms with van der Waals surface area (Å²) in [6, 6.07) is 23.0. The molecule has 2 unspecified atom stereocenters. The fraction of sp³-hybridized carbons (Fsp3) is 0.417. The smallest absolute Gasteiger partial charge is 0.123 e. The van der Waals surface area contributed by atoms with Crippen molar-refractivity contribution >= 4 is 12.2 Å². The van der Waals surface area contributed by atoms with Crippen molar-refractivity contribution in [1.82, 2.24) is 0 Å². The van der Waals surface area contributed by atoms with Crippen molar-refractivity contribution in [1.29, 1.82) is 0 Å². The summed E-state index contributed by atoms with van der Waals surface area (Å²) in [6.45, 7) is 29.9. The van der Waals surface area contributed by atoms with E-state index in [1.54, 1.807) is 24.3 Å². The summed E-state index contributed by atoms with van der Waals surface area (Å²) in [6.07, 6.45) is 8.53. The first-order valence-corrected chi connectivity index (χ1v) is 18.5. The second kappa shape index (κ2) is 16.1.